The van der Waals surface area contributed by atoms with Crippen molar-refractivity contribution in [2.75, 3.05) is 13.1 Å². The van der Waals surface area contributed by atoms with E-state index in [-0.39, 0.29) is 35.5 Å². The van der Waals surface area contributed by atoms with Crippen LogP contribution in [0, 0.1) is 13.8 Å². The van der Waals surface area contributed by atoms with E-state index in [0.717, 1.165) is 11.1 Å². The maximum absolute atomic E-state index is 12.3. The maximum atomic E-state index is 12.3. The quantitative estimate of drug-likeness (QED) is 0.357. The molecule has 0 aromatic heterocycles. The molecule has 0 heterocycles. The molecule has 0 radical (unpaired) electrons. The van der Waals surface area contributed by atoms with Gasteiger partial charge in [-0.2, -0.15) is 16.8 Å². The summed E-state index contributed by atoms with van der Waals surface area (Å²) in [5, 5.41) is 0. The highest BCUT2D eigenvalue weighted by Gasteiger charge is 2.15. The molecule has 0 spiro atoms. The summed E-state index contributed by atoms with van der Waals surface area (Å²) < 4.78 is 89.9. The average Bonchev–Trinajstić information content (AvgIpc) is 2.66. The number of benzene rings is 2. The Labute approximate surface area is 179 Å². The molecule has 0 aliphatic rings. The first-order valence-electron chi connectivity index (χ1n) is 11.2. The van der Waals surface area contributed by atoms with E-state index in [0.29, 0.717) is 6.42 Å². The summed E-state index contributed by atoms with van der Waals surface area (Å²) in [6.07, 6.45) is 0.266. The molecule has 0 fully saturated rings. The molecule has 0 bridgehead atoms. The van der Waals surface area contributed by atoms with Gasteiger partial charge in [-0.1, -0.05) is 54.7 Å². The SMILES string of the molecule is [2H]C([2H])(CCCCCC([2H])([2H])OS(=O)(=O)c1ccc(C)cc1)OS(=O)(=O)c1ccc(C)cc1. The predicted molar refractivity (Wildman–Crippen MR) is 112 cm³/mol. The van der Waals surface area contributed by atoms with Crippen LogP contribution in [0.15, 0.2) is 58.3 Å². The summed E-state index contributed by atoms with van der Waals surface area (Å²) in [6, 6.07) is 11.7. The Morgan fingerprint density at radius 3 is 1.28 bits per heavy atom. The highest BCUT2D eigenvalue weighted by atomic mass is 32.2. The molecule has 2 rings (SSSR count). The summed E-state index contributed by atoms with van der Waals surface area (Å²) in [6.45, 7) is -1.29. The second-order valence-electron chi connectivity index (χ2n) is 6.55. The van der Waals surface area contributed by atoms with Crippen molar-refractivity contribution in [3.8, 4) is 0 Å². The van der Waals surface area contributed by atoms with Crippen LogP contribution in [0.25, 0.3) is 0 Å². The molecule has 0 saturated carbocycles. The van der Waals surface area contributed by atoms with Crippen molar-refractivity contribution < 1.29 is 30.7 Å². The van der Waals surface area contributed by atoms with Gasteiger partial charge in [0.2, 0.25) is 0 Å². The van der Waals surface area contributed by atoms with Crippen LogP contribution in [-0.4, -0.2) is 30.0 Å². The molecule has 6 nitrogen and oxygen atoms in total. The molecule has 0 aliphatic carbocycles. The van der Waals surface area contributed by atoms with Gasteiger partial charge in [0.05, 0.1) is 28.4 Å². The Morgan fingerprint density at radius 2 is 0.931 bits per heavy atom. The largest absolute Gasteiger partial charge is 0.296 e. The van der Waals surface area contributed by atoms with Crippen LogP contribution in [0.2, 0.25) is 0 Å². The lowest BCUT2D eigenvalue weighted by Crippen LogP contribution is -2.08. The minimum atomic E-state index is -4.27. The molecule has 0 unspecified atom stereocenters. The van der Waals surface area contributed by atoms with Gasteiger partial charge in [0.25, 0.3) is 20.2 Å². The van der Waals surface area contributed by atoms with Gasteiger partial charge in [-0.25, -0.2) is 0 Å². The van der Waals surface area contributed by atoms with Crippen molar-refractivity contribution >= 4 is 20.2 Å². The van der Waals surface area contributed by atoms with Crippen molar-refractivity contribution in [3.05, 3.63) is 59.7 Å². The number of hydrogen-bond donors (Lipinski definition) is 0. The van der Waals surface area contributed by atoms with Gasteiger partial charge in [0, 0.05) is 0 Å². The Morgan fingerprint density at radius 1 is 0.621 bits per heavy atom. The molecule has 0 atom stereocenters. The number of unbranched alkanes of at least 4 members (excludes halogenated alkanes) is 2. The first-order valence-corrected chi connectivity index (χ1v) is 12.0. The maximum Gasteiger partial charge on any atom is 0.296 e. The van der Waals surface area contributed by atoms with Crippen molar-refractivity contribution in [1.29, 1.82) is 0 Å². The zero-order valence-electron chi connectivity index (χ0n) is 20.4. The first kappa shape index (κ1) is 18.1. The van der Waals surface area contributed by atoms with Crippen LogP contribution >= 0.6 is 0 Å². The summed E-state index contributed by atoms with van der Waals surface area (Å²) in [7, 11) is -8.54. The number of hydrogen-bond acceptors (Lipinski definition) is 6. The van der Waals surface area contributed by atoms with Crippen LogP contribution in [0.1, 0.15) is 48.7 Å². The molecule has 8 heteroatoms. The second kappa shape index (κ2) is 10.9. The molecule has 0 aliphatic heterocycles. The lowest BCUT2D eigenvalue weighted by Gasteiger charge is -2.07. The van der Waals surface area contributed by atoms with Gasteiger partial charge in [-0.15, -0.1) is 0 Å². The van der Waals surface area contributed by atoms with Gasteiger partial charge >= 0.3 is 0 Å². The Bertz CT molecular complexity index is 1040. The van der Waals surface area contributed by atoms with E-state index in [1.54, 1.807) is 38.1 Å². The highest BCUT2D eigenvalue weighted by Crippen LogP contribution is 2.16. The van der Waals surface area contributed by atoms with E-state index in [1.807, 2.05) is 0 Å². The topological polar surface area (TPSA) is 86.7 Å². The molecule has 29 heavy (non-hydrogen) atoms. The van der Waals surface area contributed by atoms with Gasteiger partial charge in [0.15, 0.2) is 0 Å². The standard InChI is InChI=1S/C21H28O6S2/c1-18-8-12-20(13-9-18)28(22,23)26-16-6-4-3-5-7-17-27-29(24,25)21-14-10-19(2)11-15-21/h8-15H,3-7,16-17H2,1-2H3/i16D2,17D2. The zero-order valence-corrected chi connectivity index (χ0v) is 18.1. The van der Waals surface area contributed by atoms with Gasteiger partial charge in [-0.3, -0.25) is 8.37 Å². The summed E-state index contributed by atoms with van der Waals surface area (Å²) in [5.74, 6) is 0. The van der Waals surface area contributed by atoms with E-state index < -0.39 is 33.4 Å². The fourth-order valence-electron chi connectivity index (χ4n) is 2.32. The minimum absolute atomic E-state index is 0.142. The fourth-order valence-corrected chi connectivity index (χ4v) is 3.92. The Balaban J connectivity index is 1.82. The van der Waals surface area contributed by atoms with Crippen LogP contribution in [-0.2, 0) is 28.6 Å². The van der Waals surface area contributed by atoms with Crippen LogP contribution in [0.3, 0.4) is 0 Å². The van der Waals surface area contributed by atoms with Crippen molar-refractivity contribution in [1.82, 2.24) is 0 Å². The third kappa shape index (κ3) is 7.89. The van der Waals surface area contributed by atoms with Gasteiger partial charge in [-0.05, 0) is 51.0 Å². The zero-order chi connectivity index (χ0) is 24.9. The number of rotatable bonds is 12. The predicted octanol–water partition coefficient (Wildman–Crippen LogP) is 4.36. The van der Waals surface area contributed by atoms with Crippen molar-refractivity contribution in [3.63, 3.8) is 0 Å². The third-order valence-corrected chi connectivity index (χ3v) is 6.39. The molecular formula is C21H28O6S2. The monoisotopic (exact) mass is 444 g/mol. The van der Waals surface area contributed by atoms with Crippen LogP contribution in [0.4, 0.5) is 0 Å². The molecular weight excluding hydrogens is 412 g/mol. The van der Waals surface area contributed by atoms with Crippen molar-refractivity contribution in [2.24, 2.45) is 0 Å². The van der Waals surface area contributed by atoms with E-state index in [2.05, 4.69) is 0 Å². The lowest BCUT2D eigenvalue weighted by atomic mass is 10.2. The highest BCUT2D eigenvalue weighted by molar-refractivity contribution is 7.87. The Kier molecular flexibility index (Phi) is 6.77. The van der Waals surface area contributed by atoms with Gasteiger partial charge < -0.3 is 0 Å². The molecule has 2 aromatic rings. The van der Waals surface area contributed by atoms with Crippen LogP contribution < -0.4 is 0 Å². The van der Waals surface area contributed by atoms with E-state index in [4.69, 9.17) is 13.8 Å². The average molecular weight is 445 g/mol. The summed E-state index contributed by atoms with van der Waals surface area (Å²) in [5.41, 5.74) is 1.71. The molecule has 0 N–H and O–H groups in total. The lowest BCUT2D eigenvalue weighted by molar-refractivity contribution is 0.297. The fraction of sp³-hybridized carbons (Fsp3) is 0.429. The third-order valence-electron chi connectivity index (χ3n) is 4.01. The van der Waals surface area contributed by atoms with Crippen LogP contribution in [0.5, 0.6) is 0 Å². The summed E-state index contributed by atoms with van der Waals surface area (Å²) >= 11 is 0. The van der Waals surface area contributed by atoms with E-state index in [9.17, 15) is 16.8 Å². The first-order chi connectivity index (χ1) is 15.1. The normalized spacial score (nSPS) is 15.2. The molecule has 2 aromatic carbocycles. The minimum Gasteiger partial charge on any atom is -0.266 e. The second-order valence-corrected chi connectivity index (χ2v) is 9.64. The molecule has 0 saturated heterocycles. The van der Waals surface area contributed by atoms with E-state index >= 15 is 0 Å². The summed E-state index contributed by atoms with van der Waals surface area (Å²) in [4.78, 5) is -0.283. The molecule has 0 amide bonds. The van der Waals surface area contributed by atoms with Gasteiger partial charge in [0.1, 0.15) is 0 Å². The smallest absolute Gasteiger partial charge is 0.266 e. The molecule has 160 valence electrons. The van der Waals surface area contributed by atoms with E-state index in [1.165, 1.54) is 24.3 Å². The number of aryl methyl sites for hydroxylation is 2. The van der Waals surface area contributed by atoms with Crippen molar-refractivity contribution in [2.45, 2.75) is 55.7 Å². The Hall–Kier alpha value is -1.74.